The Balaban J connectivity index is 1.17. The summed E-state index contributed by atoms with van der Waals surface area (Å²) in [4.78, 5) is 24.7. The second-order valence-electron chi connectivity index (χ2n) is 11.8. The molecule has 1 aliphatic carbocycles. The molecule has 0 aromatic heterocycles. The van der Waals surface area contributed by atoms with Crippen LogP contribution in [-0.2, 0) is 25.5 Å². The van der Waals surface area contributed by atoms with E-state index < -0.39 is 17.4 Å². The van der Waals surface area contributed by atoms with Gasteiger partial charge >= 0.3 is 11.9 Å². The summed E-state index contributed by atoms with van der Waals surface area (Å²) in [7, 11) is 0. The lowest BCUT2D eigenvalue weighted by Gasteiger charge is -2.14. The van der Waals surface area contributed by atoms with E-state index in [0.29, 0.717) is 13.0 Å². The van der Waals surface area contributed by atoms with E-state index in [4.69, 9.17) is 14.2 Å². The van der Waals surface area contributed by atoms with Gasteiger partial charge in [-0.15, -0.1) is 6.58 Å². The molecule has 2 aromatic rings. The molecule has 1 saturated carbocycles. The first-order valence-corrected chi connectivity index (χ1v) is 16.2. The summed E-state index contributed by atoms with van der Waals surface area (Å²) in [5.74, 6) is 0.559. The lowest BCUT2D eigenvalue weighted by molar-refractivity contribution is -0.165. The fourth-order valence-electron chi connectivity index (χ4n) is 5.43. The fraction of sp³-hybridized carbons (Fsp3) is 0.568. The van der Waals surface area contributed by atoms with Crippen LogP contribution < -0.4 is 4.74 Å². The molecule has 0 heterocycles. The number of unbranched alkanes of at least 4 members (excludes halogenated alkanes) is 8. The average Bonchev–Trinajstić information content (AvgIpc) is 3.76. The van der Waals surface area contributed by atoms with Gasteiger partial charge < -0.3 is 14.2 Å². The van der Waals surface area contributed by atoms with Crippen molar-refractivity contribution in [2.45, 2.75) is 97.8 Å². The van der Waals surface area contributed by atoms with Crippen LogP contribution in [0.3, 0.4) is 0 Å². The quantitative estimate of drug-likeness (QED) is 0.0642. The molecule has 3 atom stereocenters. The van der Waals surface area contributed by atoms with Gasteiger partial charge in [0.25, 0.3) is 0 Å². The molecule has 5 nitrogen and oxygen atoms in total. The van der Waals surface area contributed by atoms with Gasteiger partial charge in [-0.1, -0.05) is 108 Å². The molecule has 1 fully saturated rings. The molecule has 230 valence electrons. The van der Waals surface area contributed by atoms with E-state index in [1.165, 1.54) is 55.2 Å². The van der Waals surface area contributed by atoms with Crippen LogP contribution in [0.4, 0.5) is 0 Å². The van der Waals surface area contributed by atoms with Gasteiger partial charge in [0.15, 0.2) is 5.41 Å². The van der Waals surface area contributed by atoms with Crippen LogP contribution in [0.5, 0.6) is 5.75 Å². The van der Waals surface area contributed by atoms with Crippen LogP contribution in [0.25, 0.3) is 11.1 Å². The molecule has 42 heavy (non-hydrogen) atoms. The zero-order valence-electron chi connectivity index (χ0n) is 26.2. The first-order chi connectivity index (χ1) is 20.4. The Morgan fingerprint density at radius 3 is 1.86 bits per heavy atom. The SMILES string of the molecule is C=CC1CC1(C(=O)OCC)C(=O)OCCCCCCCCCCCOc1ccc(-c2ccc(CC(C)CC)cc2)cc1. The number of esters is 2. The van der Waals surface area contributed by atoms with Crippen molar-refractivity contribution < 1.29 is 23.8 Å². The summed E-state index contributed by atoms with van der Waals surface area (Å²) in [5.41, 5.74) is 2.73. The molecule has 0 spiro atoms. The second-order valence-corrected chi connectivity index (χ2v) is 11.8. The number of carbonyl (C=O) groups excluding carboxylic acids is 2. The molecule has 5 heteroatoms. The molecule has 0 saturated heterocycles. The van der Waals surface area contributed by atoms with Gasteiger partial charge in [0.2, 0.25) is 0 Å². The van der Waals surface area contributed by atoms with Gasteiger partial charge in [-0.25, -0.2) is 0 Å². The van der Waals surface area contributed by atoms with Crippen LogP contribution >= 0.6 is 0 Å². The molecule has 3 unspecified atom stereocenters. The average molecular weight is 577 g/mol. The maximum Gasteiger partial charge on any atom is 0.324 e. The number of carbonyl (C=O) groups is 2. The number of rotatable bonds is 21. The van der Waals surface area contributed by atoms with Gasteiger partial charge in [-0.05, 0) is 67.3 Å². The largest absolute Gasteiger partial charge is 0.494 e. The first kappa shape index (κ1) is 33.4. The minimum absolute atomic E-state index is 0.171. The summed E-state index contributed by atoms with van der Waals surface area (Å²) in [6.07, 6.45) is 14.6. The van der Waals surface area contributed by atoms with Crippen molar-refractivity contribution in [3.63, 3.8) is 0 Å². The van der Waals surface area contributed by atoms with E-state index in [-0.39, 0.29) is 12.5 Å². The van der Waals surface area contributed by atoms with Crippen molar-refractivity contribution in [1.82, 2.24) is 0 Å². The highest BCUT2D eigenvalue weighted by Crippen LogP contribution is 2.55. The Bertz CT molecular complexity index is 1090. The second kappa shape index (κ2) is 17.8. The number of allylic oxidation sites excluding steroid dienone is 1. The Kier molecular flexibility index (Phi) is 14.1. The van der Waals surface area contributed by atoms with E-state index in [9.17, 15) is 9.59 Å². The summed E-state index contributed by atoms with van der Waals surface area (Å²) >= 11 is 0. The predicted octanol–water partition coefficient (Wildman–Crippen LogP) is 9.13. The van der Waals surface area contributed by atoms with Crippen molar-refractivity contribution >= 4 is 11.9 Å². The van der Waals surface area contributed by atoms with Gasteiger partial charge in [0.1, 0.15) is 5.75 Å². The zero-order valence-corrected chi connectivity index (χ0v) is 26.2. The maximum absolute atomic E-state index is 12.5. The lowest BCUT2D eigenvalue weighted by atomic mass is 9.97. The predicted molar refractivity (Wildman–Crippen MR) is 170 cm³/mol. The third-order valence-electron chi connectivity index (χ3n) is 8.52. The molecular weight excluding hydrogens is 524 g/mol. The Labute approximate surface area is 254 Å². The molecule has 0 aliphatic heterocycles. The van der Waals surface area contributed by atoms with Crippen LogP contribution in [0, 0.1) is 17.3 Å². The summed E-state index contributed by atoms with van der Waals surface area (Å²) in [6, 6.07) is 17.4. The zero-order chi connectivity index (χ0) is 30.2. The smallest absolute Gasteiger partial charge is 0.324 e. The van der Waals surface area contributed by atoms with Crippen molar-refractivity contribution in [1.29, 1.82) is 0 Å². The van der Waals surface area contributed by atoms with Crippen LogP contribution in [-0.4, -0.2) is 31.8 Å². The molecule has 0 radical (unpaired) electrons. The number of hydrogen-bond donors (Lipinski definition) is 0. The van der Waals surface area contributed by atoms with Crippen molar-refractivity contribution in [3.8, 4) is 16.9 Å². The van der Waals surface area contributed by atoms with Crippen molar-refractivity contribution in [2.24, 2.45) is 17.3 Å². The molecular formula is C37H52O5. The van der Waals surface area contributed by atoms with Crippen molar-refractivity contribution in [2.75, 3.05) is 19.8 Å². The maximum atomic E-state index is 12.5. The molecule has 0 amide bonds. The number of benzene rings is 2. The number of hydrogen-bond acceptors (Lipinski definition) is 5. The minimum atomic E-state index is -1.15. The van der Waals surface area contributed by atoms with E-state index in [2.05, 4.69) is 69.0 Å². The molecule has 1 aliphatic rings. The summed E-state index contributed by atoms with van der Waals surface area (Å²) in [6.45, 7) is 11.4. The molecule has 0 N–H and O–H groups in total. The molecule has 3 rings (SSSR count). The monoisotopic (exact) mass is 576 g/mol. The fourth-order valence-corrected chi connectivity index (χ4v) is 5.43. The first-order valence-electron chi connectivity index (χ1n) is 16.2. The Hall–Kier alpha value is -3.08. The number of ether oxygens (including phenoxy) is 3. The molecule has 0 bridgehead atoms. The van der Waals surface area contributed by atoms with E-state index in [0.717, 1.165) is 50.4 Å². The molecule has 2 aromatic carbocycles. The van der Waals surface area contributed by atoms with Crippen molar-refractivity contribution in [3.05, 3.63) is 66.7 Å². The third-order valence-corrected chi connectivity index (χ3v) is 8.52. The van der Waals surface area contributed by atoms with Gasteiger partial charge in [0, 0.05) is 5.92 Å². The topological polar surface area (TPSA) is 61.8 Å². The van der Waals surface area contributed by atoms with Gasteiger partial charge in [-0.2, -0.15) is 0 Å². The van der Waals surface area contributed by atoms with Crippen LogP contribution in [0.1, 0.15) is 97.0 Å². The third kappa shape index (κ3) is 10.0. The normalized spacial score (nSPS) is 18.2. The van der Waals surface area contributed by atoms with E-state index >= 15 is 0 Å². The van der Waals surface area contributed by atoms with Gasteiger partial charge in [0.05, 0.1) is 19.8 Å². The van der Waals surface area contributed by atoms with Gasteiger partial charge in [-0.3, -0.25) is 9.59 Å². The highest BCUT2D eigenvalue weighted by molar-refractivity contribution is 6.04. The minimum Gasteiger partial charge on any atom is -0.494 e. The lowest BCUT2D eigenvalue weighted by Crippen LogP contribution is -2.31. The van der Waals surface area contributed by atoms with Crippen LogP contribution in [0.2, 0.25) is 0 Å². The highest BCUT2D eigenvalue weighted by atomic mass is 16.6. The highest BCUT2D eigenvalue weighted by Gasteiger charge is 2.67. The van der Waals surface area contributed by atoms with E-state index in [1.54, 1.807) is 13.0 Å². The standard InChI is InChI=1S/C37H52O5/c1-5-29(4)27-30-17-19-31(20-18-30)32-21-23-34(24-22-32)41-25-15-13-11-9-8-10-12-14-16-26-42-36(39)37(28-33(37)6-2)35(38)40-7-3/h6,17-24,29,33H,2,5,7-16,25-28H2,1,3-4H3. The van der Waals surface area contributed by atoms with Crippen LogP contribution in [0.15, 0.2) is 61.2 Å². The summed E-state index contributed by atoms with van der Waals surface area (Å²) in [5, 5.41) is 0. The Morgan fingerprint density at radius 2 is 1.33 bits per heavy atom. The Morgan fingerprint density at radius 1 is 0.810 bits per heavy atom. The summed E-state index contributed by atoms with van der Waals surface area (Å²) < 4.78 is 16.5. The van der Waals surface area contributed by atoms with E-state index in [1.807, 2.05) is 0 Å².